The van der Waals surface area contributed by atoms with Gasteiger partial charge in [0.2, 0.25) is 0 Å². The summed E-state index contributed by atoms with van der Waals surface area (Å²) in [4.78, 5) is 15.0. The summed E-state index contributed by atoms with van der Waals surface area (Å²) in [6.07, 6.45) is 3.56. The topological polar surface area (TPSA) is 81.1 Å². The first-order valence-corrected chi connectivity index (χ1v) is 5.12. The molecule has 2 rings (SSSR count). The van der Waals surface area contributed by atoms with Crippen molar-refractivity contribution in [1.82, 2.24) is 9.55 Å². The van der Waals surface area contributed by atoms with E-state index in [1.54, 1.807) is 6.20 Å². The number of aromatic nitrogens is 2. The quantitative estimate of drug-likeness (QED) is 0.745. The van der Waals surface area contributed by atoms with Gasteiger partial charge in [0.1, 0.15) is 11.9 Å². The Hall–Kier alpha value is -1.36. The lowest BCUT2D eigenvalue weighted by Crippen LogP contribution is -2.26. The Labute approximate surface area is 87.9 Å². The molecule has 0 saturated heterocycles. The highest BCUT2D eigenvalue weighted by Crippen LogP contribution is 2.23. The predicted octanol–water partition coefficient (Wildman–Crippen LogP) is 0.550. The number of imidazole rings is 1. The van der Waals surface area contributed by atoms with Crippen molar-refractivity contribution in [3.63, 3.8) is 0 Å². The van der Waals surface area contributed by atoms with Gasteiger partial charge in [0, 0.05) is 13.0 Å². The number of fused-ring (bicyclic) bond motifs is 1. The Morgan fingerprint density at radius 3 is 3.20 bits per heavy atom. The lowest BCUT2D eigenvalue weighted by atomic mass is 10.00. The summed E-state index contributed by atoms with van der Waals surface area (Å²) in [6, 6.07) is -0.959. The van der Waals surface area contributed by atoms with Crippen LogP contribution in [0.25, 0.3) is 0 Å². The van der Waals surface area contributed by atoms with E-state index in [-0.39, 0.29) is 0 Å². The Kier molecular flexibility index (Phi) is 2.48. The summed E-state index contributed by atoms with van der Waals surface area (Å²) in [5, 5.41) is 8.84. The molecule has 0 aliphatic carbocycles. The van der Waals surface area contributed by atoms with Gasteiger partial charge in [0.05, 0.1) is 11.9 Å². The number of aliphatic carboxylic acids is 1. The molecule has 0 aromatic carbocycles. The number of carboxylic acids is 1. The molecule has 1 aliphatic heterocycles. The van der Waals surface area contributed by atoms with E-state index in [0.717, 1.165) is 25.2 Å². The van der Waals surface area contributed by atoms with Crippen LogP contribution in [0.4, 0.5) is 0 Å². The molecule has 0 amide bonds. The average molecular weight is 209 g/mol. The largest absolute Gasteiger partial charge is 0.480 e. The highest BCUT2D eigenvalue weighted by Gasteiger charge is 2.24. The molecule has 5 nitrogen and oxygen atoms in total. The van der Waals surface area contributed by atoms with E-state index < -0.39 is 12.0 Å². The maximum atomic E-state index is 10.8. The highest BCUT2D eigenvalue weighted by atomic mass is 16.4. The molecular weight excluding hydrogens is 194 g/mol. The van der Waals surface area contributed by atoms with Gasteiger partial charge in [-0.05, 0) is 12.3 Å². The summed E-state index contributed by atoms with van der Waals surface area (Å²) in [7, 11) is 0. The molecule has 1 aromatic heterocycles. The summed E-state index contributed by atoms with van der Waals surface area (Å²) < 4.78 is 1.94. The molecule has 2 atom stereocenters. The van der Waals surface area contributed by atoms with Crippen LogP contribution in [-0.4, -0.2) is 20.6 Å². The lowest BCUT2D eigenvalue weighted by Gasteiger charge is -2.22. The Morgan fingerprint density at radius 1 is 1.80 bits per heavy atom. The van der Waals surface area contributed by atoms with Crippen LogP contribution in [0.3, 0.4) is 0 Å². The fourth-order valence-corrected chi connectivity index (χ4v) is 1.99. The van der Waals surface area contributed by atoms with Crippen LogP contribution >= 0.6 is 0 Å². The van der Waals surface area contributed by atoms with Gasteiger partial charge in [-0.1, -0.05) is 6.92 Å². The standard InChI is InChI=1S/C10H15N3O2/c1-6-2-3-13-7(9(11)10(14)15)5-12-8(13)4-6/h5-6,9H,2-4,11H2,1H3,(H,14,15). The summed E-state index contributed by atoms with van der Waals surface area (Å²) in [5.74, 6) is 0.575. The number of carboxylic acid groups (broad SMARTS) is 1. The molecule has 2 unspecified atom stereocenters. The molecule has 0 spiro atoms. The van der Waals surface area contributed by atoms with Gasteiger partial charge in [0.15, 0.2) is 0 Å². The number of hydrogen-bond donors (Lipinski definition) is 2. The van der Waals surface area contributed by atoms with E-state index >= 15 is 0 Å². The molecule has 0 saturated carbocycles. The summed E-state index contributed by atoms with van der Waals surface area (Å²) in [5.41, 5.74) is 6.20. The molecule has 2 heterocycles. The molecular formula is C10H15N3O2. The van der Waals surface area contributed by atoms with Crippen LogP contribution in [-0.2, 0) is 17.8 Å². The first-order valence-electron chi connectivity index (χ1n) is 5.12. The minimum Gasteiger partial charge on any atom is -0.480 e. The first-order chi connectivity index (χ1) is 7.09. The van der Waals surface area contributed by atoms with Gasteiger partial charge in [-0.2, -0.15) is 0 Å². The van der Waals surface area contributed by atoms with Crippen molar-refractivity contribution in [2.75, 3.05) is 0 Å². The lowest BCUT2D eigenvalue weighted by molar-refractivity contribution is -0.138. The smallest absolute Gasteiger partial charge is 0.326 e. The normalized spacial score (nSPS) is 22.1. The zero-order valence-corrected chi connectivity index (χ0v) is 8.68. The second-order valence-electron chi connectivity index (χ2n) is 4.16. The van der Waals surface area contributed by atoms with Crippen molar-refractivity contribution in [2.45, 2.75) is 32.4 Å². The molecule has 82 valence electrons. The van der Waals surface area contributed by atoms with E-state index in [1.165, 1.54) is 0 Å². The number of nitrogens with two attached hydrogens (primary N) is 1. The fraction of sp³-hybridized carbons (Fsp3) is 0.600. The number of hydrogen-bond acceptors (Lipinski definition) is 3. The van der Waals surface area contributed by atoms with Gasteiger partial charge < -0.3 is 15.4 Å². The highest BCUT2D eigenvalue weighted by molar-refractivity contribution is 5.74. The molecule has 1 aromatic rings. The third-order valence-corrected chi connectivity index (χ3v) is 2.93. The number of nitrogens with zero attached hydrogens (tertiary/aromatic N) is 2. The van der Waals surface area contributed by atoms with Crippen molar-refractivity contribution in [2.24, 2.45) is 11.7 Å². The third kappa shape index (κ3) is 1.74. The zero-order valence-electron chi connectivity index (χ0n) is 8.68. The van der Waals surface area contributed by atoms with Gasteiger partial charge in [-0.25, -0.2) is 4.98 Å². The van der Waals surface area contributed by atoms with E-state index in [9.17, 15) is 4.79 Å². The van der Waals surface area contributed by atoms with Crippen LogP contribution in [0.15, 0.2) is 6.20 Å². The number of rotatable bonds is 2. The van der Waals surface area contributed by atoms with E-state index in [2.05, 4.69) is 11.9 Å². The van der Waals surface area contributed by atoms with Crippen LogP contribution < -0.4 is 5.73 Å². The van der Waals surface area contributed by atoms with Crippen molar-refractivity contribution >= 4 is 5.97 Å². The second-order valence-corrected chi connectivity index (χ2v) is 4.16. The van der Waals surface area contributed by atoms with Crippen molar-refractivity contribution < 1.29 is 9.90 Å². The molecule has 1 aliphatic rings. The van der Waals surface area contributed by atoms with Crippen LogP contribution in [0.1, 0.15) is 30.9 Å². The average Bonchev–Trinajstić information content (AvgIpc) is 2.59. The molecule has 5 heteroatoms. The van der Waals surface area contributed by atoms with Gasteiger partial charge >= 0.3 is 5.97 Å². The molecule has 0 fully saturated rings. The Morgan fingerprint density at radius 2 is 2.53 bits per heavy atom. The molecule has 3 N–H and O–H groups in total. The SMILES string of the molecule is CC1CCn2c(C(N)C(=O)O)cnc2C1. The van der Waals surface area contributed by atoms with Gasteiger partial charge in [-0.15, -0.1) is 0 Å². The molecule has 15 heavy (non-hydrogen) atoms. The maximum absolute atomic E-state index is 10.8. The van der Waals surface area contributed by atoms with Crippen LogP contribution in [0.5, 0.6) is 0 Å². The van der Waals surface area contributed by atoms with Crippen LogP contribution in [0, 0.1) is 5.92 Å². The minimum atomic E-state index is -1.00. The summed E-state index contributed by atoms with van der Waals surface area (Å²) >= 11 is 0. The Bertz CT molecular complexity index is 386. The second kappa shape index (κ2) is 3.66. The van der Waals surface area contributed by atoms with Crippen LogP contribution in [0.2, 0.25) is 0 Å². The van der Waals surface area contributed by atoms with E-state index in [1.807, 2.05) is 4.57 Å². The van der Waals surface area contributed by atoms with Gasteiger partial charge in [-0.3, -0.25) is 4.79 Å². The minimum absolute atomic E-state index is 0.615. The third-order valence-electron chi connectivity index (χ3n) is 2.93. The summed E-state index contributed by atoms with van der Waals surface area (Å²) in [6.45, 7) is 3.00. The fourth-order valence-electron chi connectivity index (χ4n) is 1.99. The Balaban J connectivity index is 2.32. The molecule has 0 bridgehead atoms. The van der Waals surface area contributed by atoms with Crippen molar-refractivity contribution in [3.8, 4) is 0 Å². The van der Waals surface area contributed by atoms with E-state index in [4.69, 9.17) is 10.8 Å². The van der Waals surface area contributed by atoms with Gasteiger partial charge in [0.25, 0.3) is 0 Å². The van der Waals surface area contributed by atoms with Crippen molar-refractivity contribution in [1.29, 1.82) is 0 Å². The first kappa shape index (κ1) is 10.2. The zero-order chi connectivity index (χ0) is 11.0. The predicted molar refractivity (Wildman–Crippen MR) is 54.3 cm³/mol. The maximum Gasteiger partial charge on any atom is 0.326 e. The van der Waals surface area contributed by atoms with Crippen molar-refractivity contribution in [3.05, 3.63) is 17.7 Å². The monoisotopic (exact) mass is 209 g/mol. The van der Waals surface area contributed by atoms with E-state index in [0.29, 0.717) is 11.6 Å². The molecule has 0 radical (unpaired) electrons. The number of carbonyl (C=O) groups is 1.